The molecule has 1 unspecified atom stereocenters. The van der Waals surface area contributed by atoms with Crippen LogP contribution in [0.1, 0.15) is 39.5 Å². The van der Waals surface area contributed by atoms with Gasteiger partial charge in [0.05, 0.1) is 11.3 Å². The van der Waals surface area contributed by atoms with Crippen LogP contribution in [0.25, 0.3) is 0 Å². The molecule has 0 spiro atoms. The number of hydrogen-bond donors (Lipinski definition) is 3. The molecule has 0 saturated carbocycles. The zero-order chi connectivity index (χ0) is 15.9. The highest BCUT2D eigenvalue weighted by Crippen LogP contribution is 2.30. The third-order valence-corrected chi connectivity index (χ3v) is 4.72. The molecule has 6 nitrogen and oxygen atoms in total. The first-order valence-electron chi connectivity index (χ1n) is 8.01. The van der Waals surface area contributed by atoms with Crippen molar-refractivity contribution < 1.29 is 9.59 Å². The van der Waals surface area contributed by atoms with Crippen molar-refractivity contribution in [2.45, 2.75) is 39.5 Å². The monoisotopic (exact) mass is 298 g/mol. The summed E-state index contributed by atoms with van der Waals surface area (Å²) in [4.78, 5) is 26.7. The molecular formula is C15H30N4O2. The number of piperidine rings is 1. The molecule has 1 rings (SSSR count). The van der Waals surface area contributed by atoms with Crippen LogP contribution in [0.15, 0.2) is 0 Å². The van der Waals surface area contributed by atoms with Gasteiger partial charge in [0.1, 0.15) is 0 Å². The summed E-state index contributed by atoms with van der Waals surface area (Å²) in [6.07, 6.45) is 3.16. The van der Waals surface area contributed by atoms with Crippen LogP contribution in [0.4, 0.5) is 0 Å². The van der Waals surface area contributed by atoms with Crippen molar-refractivity contribution in [3.63, 3.8) is 0 Å². The van der Waals surface area contributed by atoms with E-state index in [0.29, 0.717) is 26.2 Å². The fourth-order valence-electron chi connectivity index (χ4n) is 2.98. The van der Waals surface area contributed by atoms with Gasteiger partial charge in [-0.25, -0.2) is 0 Å². The van der Waals surface area contributed by atoms with Gasteiger partial charge in [-0.1, -0.05) is 13.8 Å². The van der Waals surface area contributed by atoms with Gasteiger partial charge in [-0.3, -0.25) is 9.59 Å². The topological polar surface area (TPSA) is 101 Å². The second-order valence-electron chi connectivity index (χ2n) is 5.86. The van der Waals surface area contributed by atoms with Crippen LogP contribution < -0.4 is 16.8 Å². The van der Waals surface area contributed by atoms with Crippen LogP contribution >= 0.6 is 0 Å². The van der Waals surface area contributed by atoms with Gasteiger partial charge in [0.2, 0.25) is 11.8 Å². The summed E-state index contributed by atoms with van der Waals surface area (Å²) in [6.45, 7) is 6.51. The van der Waals surface area contributed by atoms with Crippen LogP contribution in [0.5, 0.6) is 0 Å². The van der Waals surface area contributed by atoms with E-state index in [9.17, 15) is 9.59 Å². The predicted molar refractivity (Wildman–Crippen MR) is 83.4 cm³/mol. The van der Waals surface area contributed by atoms with Crippen molar-refractivity contribution in [3.8, 4) is 0 Å². The van der Waals surface area contributed by atoms with Crippen LogP contribution in [0, 0.1) is 11.3 Å². The van der Waals surface area contributed by atoms with Crippen molar-refractivity contribution >= 4 is 11.8 Å². The average Bonchev–Trinajstić information content (AvgIpc) is 2.54. The minimum Gasteiger partial charge on any atom is -0.355 e. The molecule has 1 fully saturated rings. The van der Waals surface area contributed by atoms with Gasteiger partial charge in [-0.2, -0.15) is 0 Å². The highest BCUT2D eigenvalue weighted by molar-refractivity contribution is 5.85. The maximum absolute atomic E-state index is 12.8. The third-order valence-electron chi connectivity index (χ3n) is 4.72. The maximum atomic E-state index is 12.8. The minimum absolute atomic E-state index is 0.00398. The summed E-state index contributed by atoms with van der Waals surface area (Å²) in [6, 6.07) is 0. The van der Waals surface area contributed by atoms with Crippen molar-refractivity contribution in [1.29, 1.82) is 0 Å². The largest absolute Gasteiger partial charge is 0.355 e. The molecular weight excluding hydrogens is 268 g/mol. The number of amides is 2. The van der Waals surface area contributed by atoms with E-state index in [1.165, 1.54) is 0 Å². The number of hydrogen-bond acceptors (Lipinski definition) is 4. The normalized spacial score (nSPS) is 19.4. The number of carbonyl (C=O) groups excluding carboxylic acids is 2. The summed E-state index contributed by atoms with van der Waals surface area (Å²) in [7, 11) is 0. The van der Waals surface area contributed by atoms with Crippen molar-refractivity contribution in [2.75, 3.05) is 32.7 Å². The van der Waals surface area contributed by atoms with Gasteiger partial charge in [0.25, 0.3) is 0 Å². The average molecular weight is 298 g/mol. The second kappa shape index (κ2) is 8.34. The molecule has 0 radical (unpaired) electrons. The molecule has 1 aliphatic heterocycles. The molecule has 0 aromatic rings. The number of nitrogens with two attached hydrogens (primary N) is 2. The fraction of sp³-hybridized carbons (Fsp3) is 0.867. The summed E-state index contributed by atoms with van der Waals surface area (Å²) in [5, 5.41) is 2.82. The molecule has 1 atom stereocenters. The number of likely N-dealkylation sites (tertiary alicyclic amines) is 1. The Morgan fingerprint density at radius 1 is 1.29 bits per heavy atom. The Hall–Kier alpha value is -1.14. The fourth-order valence-corrected chi connectivity index (χ4v) is 2.98. The van der Waals surface area contributed by atoms with E-state index in [-0.39, 0.29) is 17.7 Å². The maximum Gasteiger partial charge on any atom is 0.230 e. The number of nitrogens with zero attached hydrogens (tertiary/aromatic N) is 1. The molecule has 1 aliphatic rings. The second-order valence-corrected chi connectivity index (χ2v) is 5.86. The van der Waals surface area contributed by atoms with E-state index in [1.54, 1.807) is 0 Å². The summed E-state index contributed by atoms with van der Waals surface area (Å²) < 4.78 is 0. The zero-order valence-corrected chi connectivity index (χ0v) is 13.4. The van der Waals surface area contributed by atoms with E-state index < -0.39 is 5.41 Å². The lowest BCUT2D eigenvalue weighted by Crippen LogP contribution is -2.52. The molecule has 1 heterocycles. The summed E-state index contributed by atoms with van der Waals surface area (Å²) >= 11 is 0. The smallest absolute Gasteiger partial charge is 0.230 e. The van der Waals surface area contributed by atoms with Gasteiger partial charge in [-0.15, -0.1) is 0 Å². The molecule has 0 aromatic carbocycles. The van der Waals surface area contributed by atoms with Gasteiger partial charge >= 0.3 is 0 Å². The first-order valence-corrected chi connectivity index (χ1v) is 8.01. The predicted octanol–water partition coefficient (Wildman–Crippen LogP) is 0.0650. The van der Waals surface area contributed by atoms with Crippen LogP contribution in [-0.2, 0) is 9.59 Å². The van der Waals surface area contributed by atoms with Crippen LogP contribution in [0.3, 0.4) is 0 Å². The lowest BCUT2D eigenvalue weighted by atomic mass is 9.80. The molecule has 0 aromatic heterocycles. The highest BCUT2D eigenvalue weighted by atomic mass is 16.2. The molecule has 6 heteroatoms. The number of carbonyl (C=O) groups is 2. The SMILES string of the molecule is CCC(CC)(CN)C(=O)N1CCCC(C(=O)NCCN)C1. The molecule has 0 bridgehead atoms. The highest BCUT2D eigenvalue weighted by Gasteiger charge is 2.39. The molecule has 21 heavy (non-hydrogen) atoms. The first-order chi connectivity index (χ1) is 10.0. The van der Waals surface area contributed by atoms with E-state index in [2.05, 4.69) is 5.32 Å². The molecule has 0 aliphatic carbocycles. The van der Waals surface area contributed by atoms with E-state index in [4.69, 9.17) is 11.5 Å². The number of nitrogens with one attached hydrogen (secondary N) is 1. The Morgan fingerprint density at radius 3 is 2.48 bits per heavy atom. The Bertz CT molecular complexity index is 347. The van der Waals surface area contributed by atoms with E-state index in [1.807, 2.05) is 18.7 Å². The third kappa shape index (κ3) is 4.17. The standard InChI is InChI=1S/C15H30N4O2/c1-3-15(4-2,11-17)14(21)19-9-5-6-12(10-19)13(20)18-8-7-16/h12H,3-11,16-17H2,1-2H3,(H,18,20). The zero-order valence-electron chi connectivity index (χ0n) is 13.4. The Morgan fingerprint density at radius 2 is 1.95 bits per heavy atom. The van der Waals surface area contributed by atoms with Gasteiger partial charge < -0.3 is 21.7 Å². The first kappa shape index (κ1) is 17.9. The van der Waals surface area contributed by atoms with Crippen molar-refractivity contribution in [3.05, 3.63) is 0 Å². The molecule has 122 valence electrons. The number of rotatable bonds is 7. The van der Waals surface area contributed by atoms with Crippen molar-refractivity contribution in [1.82, 2.24) is 10.2 Å². The molecule has 2 amide bonds. The van der Waals surface area contributed by atoms with Crippen LogP contribution in [0.2, 0.25) is 0 Å². The quantitative estimate of drug-likeness (QED) is 0.619. The molecule has 1 saturated heterocycles. The van der Waals surface area contributed by atoms with Crippen molar-refractivity contribution in [2.24, 2.45) is 22.8 Å². The lowest BCUT2D eigenvalue weighted by molar-refractivity contribution is -0.145. The summed E-state index contributed by atoms with van der Waals surface area (Å²) in [5.74, 6) is -0.0194. The van der Waals surface area contributed by atoms with Gasteiger partial charge in [0.15, 0.2) is 0 Å². The van der Waals surface area contributed by atoms with E-state index >= 15 is 0 Å². The summed E-state index contributed by atoms with van der Waals surface area (Å²) in [5.41, 5.74) is 10.8. The Balaban J connectivity index is 2.71. The van der Waals surface area contributed by atoms with Gasteiger partial charge in [-0.05, 0) is 25.7 Å². The lowest BCUT2D eigenvalue weighted by Gasteiger charge is -2.39. The Kier molecular flexibility index (Phi) is 7.11. The van der Waals surface area contributed by atoms with Crippen LogP contribution in [-0.4, -0.2) is 49.4 Å². The Labute approximate surface area is 127 Å². The minimum atomic E-state index is -0.477. The van der Waals surface area contributed by atoms with Gasteiger partial charge in [0, 0.05) is 32.7 Å². The van der Waals surface area contributed by atoms with E-state index in [0.717, 1.165) is 32.2 Å². The molecule has 5 N–H and O–H groups in total.